The largest absolute Gasteiger partial charge is 0.243 e. The topological polar surface area (TPSA) is 38.7 Å². The molecule has 0 saturated heterocycles. The minimum absolute atomic E-state index is 0.179. The van der Waals surface area contributed by atoms with E-state index in [2.05, 4.69) is 15.0 Å². The van der Waals surface area contributed by atoms with Gasteiger partial charge in [0.15, 0.2) is 0 Å². The monoisotopic (exact) mass is 321 g/mol. The van der Waals surface area contributed by atoms with Crippen molar-refractivity contribution in [3.63, 3.8) is 0 Å². The van der Waals surface area contributed by atoms with Crippen LogP contribution < -0.4 is 0 Å². The highest BCUT2D eigenvalue weighted by Crippen LogP contribution is 2.31. The molecule has 0 unspecified atom stereocenters. The summed E-state index contributed by atoms with van der Waals surface area (Å²) in [4.78, 5) is 13.0. The smallest absolute Gasteiger partial charge is 0.224 e. The van der Waals surface area contributed by atoms with E-state index < -0.39 is 0 Å². The molecular formula is C14H9Cl2N3S. The van der Waals surface area contributed by atoms with Gasteiger partial charge >= 0.3 is 0 Å². The SMILES string of the molecule is CSc1nc(Cl)nc2c(Cl)cc(-c3ccccc3)nc12. The molecule has 0 bridgehead atoms. The lowest BCUT2D eigenvalue weighted by Gasteiger charge is -2.07. The van der Waals surface area contributed by atoms with Gasteiger partial charge in [0.1, 0.15) is 16.1 Å². The summed E-state index contributed by atoms with van der Waals surface area (Å²) in [5.41, 5.74) is 3.05. The standard InChI is InChI=1S/C14H9Cl2N3S/c1-20-13-12-11(18-14(16)19-13)9(15)7-10(17-12)8-5-3-2-4-6-8/h2-7H,1H3. The number of thioether (sulfide) groups is 1. The molecule has 0 fully saturated rings. The van der Waals surface area contributed by atoms with E-state index in [9.17, 15) is 0 Å². The Hall–Kier alpha value is -1.36. The van der Waals surface area contributed by atoms with Gasteiger partial charge in [-0.3, -0.25) is 0 Å². The van der Waals surface area contributed by atoms with Crippen molar-refractivity contribution in [1.29, 1.82) is 0 Å². The van der Waals surface area contributed by atoms with E-state index in [1.54, 1.807) is 6.07 Å². The van der Waals surface area contributed by atoms with Crippen LogP contribution in [0.2, 0.25) is 10.3 Å². The highest BCUT2D eigenvalue weighted by molar-refractivity contribution is 7.98. The van der Waals surface area contributed by atoms with Gasteiger partial charge in [0.25, 0.3) is 0 Å². The Morgan fingerprint density at radius 3 is 2.40 bits per heavy atom. The maximum atomic E-state index is 6.31. The molecular weight excluding hydrogens is 313 g/mol. The summed E-state index contributed by atoms with van der Waals surface area (Å²) in [5.74, 6) is 0. The van der Waals surface area contributed by atoms with Crippen LogP contribution in [0.1, 0.15) is 0 Å². The Balaban J connectivity index is 2.31. The van der Waals surface area contributed by atoms with E-state index in [1.807, 2.05) is 36.6 Å². The molecule has 0 radical (unpaired) electrons. The molecule has 2 heterocycles. The molecule has 0 saturated carbocycles. The first-order valence-corrected chi connectivity index (χ1v) is 7.80. The molecule has 0 aliphatic carbocycles. The molecule has 0 amide bonds. The van der Waals surface area contributed by atoms with Crippen molar-refractivity contribution in [1.82, 2.24) is 15.0 Å². The summed E-state index contributed by atoms with van der Waals surface area (Å²) >= 11 is 13.7. The fourth-order valence-electron chi connectivity index (χ4n) is 1.92. The average molecular weight is 322 g/mol. The van der Waals surface area contributed by atoms with E-state index in [0.717, 1.165) is 16.3 Å². The zero-order chi connectivity index (χ0) is 14.1. The molecule has 3 rings (SSSR count). The molecule has 6 heteroatoms. The Morgan fingerprint density at radius 1 is 0.950 bits per heavy atom. The van der Waals surface area contributed by atoms with Gasteiger partial charge in [-0.15, -0.1) is 11.8 Å². The fourth-order valence-corrected chi connectivity index (χ4v) is 2.88. The highest BCUT2D eigenvalue weighted by atomic mass is 35.5. The Kier molecular flexibility index (Phi) is 3.78. The predicted molar refractivity (Wildman–Crippen MR) is 84.6 cm³/mol. The number of rotatable bonds is 2. The Labute approximate surface area is 130 Å². The summed E-state index contributed by atoms with van der Waals surface area (Å²) < 4.78 is 0. The van der Waals surface area contributed by atoms with E-state index in [4.69, 9.17) is 23.2 Å². The van der Waals surface area contributed by atoms with Crippen molar-refractivity contribution in [3.8, 4) is 11.3 Å². The van der Waals surface area contributed by atoms with Gasteiger partial charge in [-0.25, -0.2) is 15.0 Å². The van der Waals surface area contributed by atoms with Gasteiger partial charge in [-0.2, -0.15) is 0 Å². The molecule has 2 aromatic heterocycles. The summed E-state index contributed by atoms with van der Waals surface area (Å²) in [7, 11) is 0. The molecule has 1 aromatic carbocycles. The second kappa shape index (κ2) is 5.56. The van der Waals surface area contributed by atoms with Gasteiger partial charge < -0.3 is 0 Å². The molecule has 0 spiro atoms. The lowest BCUT2D eigenvalue weighted by molar-refractivity contribution is 1.08. The van der Waals surface area contributed by atoms with Crippen LogP contribution in [-0.2, 0) is 0 Å². The van der Waals surface area contributed by atoms with Crippen LogP contribution in [0.25, 0.3) is 22.3 Å². The van der Waals surface area contributed by atoms with Crippen LogP contribution in [0.5, 0.6) is 0 Å². The van der Waals surface area contributed by atoms with Crippen molar-refractivity contribution in [2.45, 2.75) is 5.03 Å². The number of benzene rings is 1. The lowest BCUT2D eigenvalue weighted by Crippen LogP contribution is -1.94. The molecule has 20 heavy (non-hydrogen) atoms. The van der Waals surface area contributed by atoms with Crippen LogP contribution >= 0.6 is 35.0 Å². The first-order valence-electron chi connectivity index (χ1n) is 5.82. The van der Waals surface area contributed by atoms with Crippen molar-refractivity contribution in [2.24, 2.45) is 0 Å². The summed E-state index contributed by atoms with van der Waals surface area (Å²) in [6.45, 7) is 0. The second-order valence-corrected chi connectivity index (χ2v) is 5.59. The third-order valence-electron chi connectivity index (χ3n) is 2.81. The van der Waals surface area contributed by atoms with Gasteiger partial charge in [-0.05, 0) is 23.9 Å². The van der Waals surface area contributed by atoms with Gasteiger partial charge in [0.05, 0.1) is 10.7 Å². The molecule has 0 aliphatic heterocycles. The molecule has 3 aromatic rings. The zero-order valence-corrected chi connectivity index (χ0v) is 12.8. The van der Waals surface area contributed by atoms with E-state index in [0.29, 0.717) is 16.1 Å². The number of hydrogen-bond acceptors (Lipinski definition) is 4. The predicted octanol–water partition coefficient (Wildman–Crippen LogP) is 4.72. The number of fused-ring (bicyclic) bond motifs is 1. The third-order valence-corrected chi connectivity index (χ3v) is 3.94. The van der Waals surface area contributed by atoms with Crippen LogP contribution in [0.15, 0.2) is 41.4 Å². The highest BCUT2D eigenvalue weighted by Gasteiger charge is 2.13. The minimum Gasteiger partial charge on any atom is -0.243 e. The summed E-state index contributed by atoms with van der Waals surface area (Å²) in [6.07, 6.45) is 1.92. The Morgan fingerprint density at radius 2 is 1.70 bits per heavy atom. The maximum Gasteiger partial charge on any atom is 0.224 e. The summed E-state index contributed by atoms with van der Waals surface area (Å²) in [5, 5.41) is 1.42. The zero-order valence-electron chi connectivity index (χ0n) is 10.5. The molecule has 0 N–H and O–H groups in total. The maximum absolute atomic E-state index is 6.31. The second-order valence-electron chi connectivity index (χ2n) is 4.05. The minimum atomic E-state index is 0.179. The van der Waals surface area contributed by atoms with Crippen LogP contribution in [0.3, 0.4) is 0 Å². The molecule has 3 nitrogen and oxygen atoms in total. The lowest BCUT2D eigenvalue weighted by atomic mass is 10.1. The molecule has 0 atom stereocenters. The Bertz CT molecular complexity index is 778. The van der Waals surface area contributed by atoms with Crippen LogP contribution in [0, 0.1) is 0 Å². The van der Waals surface area contributed by atoms with Crippen LogP contribution in [-0.4, -0.2) is 21.2 Å². The molecule has 0 aliphatic rings. The first kappa shape index (κ1) is 13.6. The molecule has 100 valence electrons. The number of aromatic nitrogens is 3. The van der Waals surface area contributed by atoms with Gasteiger partial charge in [-0.1, -0.05) is 41.9 Å². The first-order chi connectivity index (χ1) is 9.69. The number of halogens is 2. The van der Waals surface area contributed by atoms with Gasteiger partial charge in [0, 0.05) is 5.56 Å². The number of hydrogen-bond donors (Lipinski definition) is 0. The fraction of sp³-hybridized carbons (Fsp3) is 0.0714. The van der Waals surface area contributed by atoms with Crippen LogP contribution in [0.4, 0.5) is 0 Å². The van der Waals surface area contributed by atoms with Crippen molar-refractivity contribution in [2.75, 3.05) is 6.26 Å². The van der Waals surface area contributed by atoms with Gasteiger partial charge in [0.2, 0.25) is 5.28 Å². The number of nitrogens with zero attached hydrogens (tertiary/aromatic N) is 3. The third kappa shape index (κ3) is 2.46. The normalized spacial score (nSPS) is 10.9. The van der Waals surface area contributed by atoms with Crippen molar-refractivity contribution >= 4 is 46.0 Å². The van der Waals surface area contributed by atoms with E-state index >= 15 is 0 Å². The quantitative estimate of drug-likeness (QED) is 0.389. The number of pyridine rings is 1. The van der Waals surface area contributed by atoms with Crippen molar-refractivity contribution in [3.05, 3.63) is 46.7 Å². The average Bonchev–Trinajstić information content (AvgIpc) is 2.48. The van der Waals surface area contributed by atoms with E-state index in [1.165, 1.54) is 11.8 Å². The van der Waals surface area contributed by atoms with E-state index in [-0.39, 0.29) is 5.28 Å². The van der Waals surface area contributed by atoms with Crippen molar-refractivity contribution < 1.29 is 0 Å². The summed E-state index contributed by atoms with van der Waals surface area (Å²) in [6, 6.07) is 11.7.